The molecule has 0 atom stereocenters. The first-order chi connectivity index (χ1) is 9.34. The maximum absolute atomic E-state index is 11.7. The molecule has 0 aliphatic heterocycles. The number of carbonyl (C=O) groups is 2. The Kier molecular flexibility index (Phi) is 5.66. The first-order valence-corrected chi connectivity index (χ1v) is 7.35. The second-order valence-electron chi connectivity index (χ2n) is 3.99. The van der Waals surface area contributed by atoms with E-state index in [9.17, 15) is 18.0 Å². The summed E-state index contributed by atoms with van der Waals surface area (Å²) in [4.78, 5) is 21.5. The van der Waals surface area contributed by atoms with Crippen LogP contribution in [0.1, 0.15) is 22.3 Å². The monoisotopic (exact) mass is 301 g/mol. The molecule has 0 saturated carbocycles. The van der Waals surface area contributed by atoms with E-state index >= 15 is 0 Å². The Hall–Kier alpha value is -1.93. The topological polar surface area (TPSA) is 110 Å². The summed E-state index contributed by atoms with van der Waals surface area (Å²) in [5.41, 5.74) is 0.813. The predicted molar refractivity (Wildman–Crippen MR) is 70.7 cm³/mol. The molecule has 0 saturated heterocycles. The van der Waals surface area contributed by atoms with E-state index in [1.165, 1.54) is 31.4 Å². The number of sulfonamides is 1. The summed E-state index contributed by atoms with van der Waals surface area (Å²) in [6.45, 7) is -0.155. The molecule has 7 nitrogen and oxygen atoms in total. The van der Waals surface area contributed by atoms with Crippen molar-refractivity contribution in [1.29, 1.82) is 0 Å². The highest BCUT2D eigenvalue weighted by atomic mass is 32.2. The fraction of sp³-hybridized carbons (Fsp3) is 0.333. The van der Waals surface area contributed by atoms with Crippen molar-refractivity contribution in [2.75, 3.05) is 13.7 Å². The van der Waals surface area contributed by atoms with Gasteiger partial charge in [0, 0.05) is 6.54 Å². The minimum atomic E-state index is -3.60. The maximum Gasteiger partial charge on any atom is 0.337 e. The summed E-state index contributed by atoms with van der Waals surface area (Å²) in [6.07, 6.45) is -0.277. The lowest BCUT2D eigenvalue weighted by Gasteiger charge is -2.06. The van der Waals surface area contributed by atoms with E-state index in [-0.39, 0.29) is 18.7 Å². The number of esters is 1. The van der Waals surface area contributed by atoms with Crippen LogP contribution in [-0.4, -0.2) is 39.1 Å². The predicted octanol–water partition coefficient (Wildman–Crippen LogP) is 0.367. The number of methoxy groups -OCH3 is 1. The zero-order chi connectivity index (χ0) is 15.2. The van der Waals surface area contributed by atoms with E-state index in [0.29, 0.717) is 11.1 Å². The third-order valence-electron chi connectivity index (χ3n) is 2.39. The molecule has 20 heavy (non-hydrogen) atoms. The lowest BCUT2D eigenvalue weighted by Crippen LogP contribution is -2.27. The van der Waals surface area contributed by atoms with E-state index in [1.807, 2.05) is 0 Å². The number of carboxylic acid groups (broad SMARTS) is 1. The largest absolute Gasteiger partial charge is 0.481 e. The van der Waals surface area contributed by atoms with Gasteiger partial charge in [-0.3, -0.25) is 4.79 Å². The third-order valence-corrected chi connectivity index (χ3v) is 3.75. The lowest BCUT2D eigenvalue weighted by atomic mass is 10.1. The van der Waals surface area contributed by atoms with Crippen molar-refractivity contribution in [2.45, 2.75) is 12.2 Å². The number of nitrogens with one attached hydrogen (secondary N) is 1. The van der Waals surface area contributed by atoms with Gasteiger partial charge in [0.2, 0.25) is 10.0 Å². The fourth-order valence-electron chi connectivity index (χ4n) is 1.44. The standard InChI is InChI=1S/C12H15NO6S/c1-19-12(16)10-4-2-9(3-5-10)8-20(17,18)13-7-6-11(14)15/h2-5,13H,6-8H2,1H3,(H,14,15). The van der Waals surface area contributed by atoms with E-state index in [1.54, 1.807) is 0 Å². The Bertz CT molecular complexity index is 578. The highest BCUT2D eigenvalue weighted by Gasteiger charge is 2.12. The minimum Gasteiger partial charge on any atom is -0.481 e. The third kappa shape index (κ3) is 5.37. The van der Waals surface area contributed by atoms with E-state index < -0.39 is 22.0 Å². The number of hydrogen-bond donors (Lipinski definition) is 2. The van der Waals surface area contributed by atoms with E-state index in [0.717, 1.165) is 0 Å². The van der Waals surface area contributed by atoms with Crippen LogP contribution in [0.25, 0.3) is 0 Å². The molecule has 1 rings (SSSR count). The summed E-state index contributed by atoms with van der Waals surface area (Å²) < 4.78 is 30.0. The molecule has 1 aromatic carbocycles. The molecular weight excluding hydrogens is 286 g/mol. The molecule has 8 heteroatoms. The lowest BCUT2D eigenvalue weighted by molar-refractivity contribution is -0.136. The van der Waals surface area contributed by atoms with Gasteiger partial charge in [0.25, 0.3) is 0 Å². The Balaban J connectivity index is 2.63. The molecule has 0 bridgehead atoms. The van der Waals surface area contributed by atoms with Gasteiger partial charge in [-0.05, 0) is 17.7 Å². The Labute approximate surface area is 116 Å². The van der Waals surface area contributed by atoms with Gasteiger partial charge >= 0.3 is 11.9 Å². The highest BCUT2D eigenvalue weighted by Crippen LogP contribution is 2.08. The maximum atomic E-state index is 11.7. The van der Waals surface area contributed by atoms with Crippen molar-refractivity contribution < 1.29 is 27.9 Å². The quantitative estimate of drug-likeness (QED) is 0.704. The molecule has 0 unspecified atom stereocenters. The van der Waals surface area contributed by atoms with Crippen molar-refractivity contribution >= 4 is 22.0 Å². The molecule has 0 amide bonds. The zero-order valence-electron chi connectivity index (χ0n) is 10.8. The summed E-state index contributed by atoms with van der Waals surface area (Å²) in [5, 5.41) is 8.43. The second-order valence-corrected chi connectivity index (χ2v) is 5.79. The van der Waals surface area contributed by atoms with Crippen molar-refractivity contribution in [3.8, 4) is 0 Å². The van der Waals surface area contributed by atoms with Gasteiger partial charge in [0.1, 0.15) is 0 Å². The number of rotatable bonds is 7. The molecule has 0 heterocycles. The van der Waals surface area contributed by atoms with Crippen LogP contribution in [0, 0.1) is 0 Å². The Morgan fingerprint density at radius 2 is 1.85 bits per heavy atom. The van der Waals surface area contributed by atoms with Gasteiger partial charge in [-0.1, -0.05) is 12.1 Å². The van der Waals surface area contributed by atoms with Gasteiger partial charge in [0.05, 0.1) is 24.8 Å². The summed E-state index contributed by atoms with van der Waals surface area (Å²) >= 11 is 0. The van der Waals surface area contributed by atoms with Gasteiger partial charge < -0.3 is 9.84 Å². The van der Waals surface area contributed by atoms with Crippen LogP contribution in [-0.2, 0) is 25.3 Å². The summed E-state index contributed by atoms with van der Waals surface area (Å²) in [6, 6.07) is 5.94. The molecule has 0 aliphatic carbocycles. The Morgan fingerprint density at radius 1 is 1.25 bits per heavy atom. The van der Waals surface area contributed by atoms with Crippen molar-refractivity contribution in [2.24, 2.45) is 0 Å². The van der Waals surface area contributed by atoms with E-state index in [2.05, 4.69) is 9.46 Å². The van der Waals surface area contributed by atoms with Crippen molar-refractivity contribution in [3.05, 3.63) is 35.4 Å². The summed E-state index contributed by atoms with van der Waals surface area (Å²) in [5.74, 6) is -1.86. The Morgan fingerprint density at radius 3 is 2.35 bits per heavy atom. The zero-order valence-corrected chi connectivity index (χ0v) is 11.6. The molecule has 0 radical (unpaired) electrons. The minimum absolute atomic E-state index is 0.155. The van der Waals surface area contributed by atoms with Crippen molar-refractivity contribution in [3.63, 3.8) is 0 Å². The van der Waals surface area contributed by atoms with Crippen LogP contribution in [0.4, 0.5) is 0 Å². The molecule has 0 aromatic heterocycles. The molecule has 110 valence electrons. The van der Waals surface area contributed by atoms with Crippen molar-refractivity contribution in [1.82, 2.24) is 4.72 Å². The number of ether oxygens (including phenoxy) is 1. The molecule has 0 fully saturated rings. The fourth-order valence-corrected chi connectivity index (χ4v) is 2.59. The van der Waals surface area contributed by atoms with Crippen LogP contribution in [0.2, 0.25) is 0 Å². The van der Waals surface area contributed by atoms with Crippen LogP contribution in [0.15, 0.2) is 24.3 Å². The average Bonchev–Trinajstić information content (AvgIpc) is 2.37. The highest BCUT2D eigenvalue weighted by molar-refractivity contribution is 7.88. The molecular formula is C12H15NO6S. The SMILES string of the molecule is COC(=O)c1ccc(CS(=O)(=O)NCCC(=O)O)cc1. The van der Waals surface area contributed by atoms with Gasteiger partial charge in [-0.2, -0.15) is 0 Å². The summed E-state index contributed by atoms with van der Waals surface area (Å²) in [7, 11) is -2.34. The van der Waals surface area contributed by atoms with Gasteiger partial charge in [0.15, 0.2) is 0 Å². The number of carbonyl (C=O) groups excluding carboxylic acids is 1. The smallest absolute Gasteiger partial charge is 0.337 e. The number of hydrogen-bond acceptors (Lipinski definition) is 5. The van der Waals surface area contributed by atoms with Crippen LogP contribution >= 0.6 is 0 Å². The average molecular weight is 301 g/mol. The number of aliphatic carboxylic acids is 1. The van der Waals surface area contributed by atoms with E-state index in [4.69, 9.17) is 5.11 Å². The van der Waals surface area contributed by atoms with Gasteiger partial charge in [-0.25, -0.2) is 17.9 Å². The van der Waals surface area contributed by atoms with Crippen LogP contribution < -0.4 is 4.72 Å². The first kappa shape index (κ1) is 16.1. The normalized spacial score (nSPS) is 11.1. The molecule has 0 spiro atoms. The molecule has 2 N–H and O–H groups in total. The van der Waals surface area contributed by atoms with Crippen LogP contribution in [0.5, 0.6) is 0 Å². The molecule has 1 aromatic rings. The van der Waals surface area contributed by atoms with Gasteiger partial charge in [-0.15, -0.1) is 0 Å². The second kappa shape index (κ2) is 7.01. The molecule has 0 aliphatic rings. The number of benzene rings is 1. The van der Waals surface area contributed by atoms with Crippen LogP contribution in [0.3, 0.4) is 0 Å². The first-order valence-electron chi connectivity index (χ1n) is 5.70. The number of carboxylic acids is 1.